The second kappa shape index (κ2) is 7.00. The number of sulfonamides is 1. The molecule has 8 heteroatoms. The van der Waals surface area contributed by atoms with E-state index in [2.05, 4.69) is 9.88 Å². The summed E-state index contributed by atoms with van der Waals surface area (Å²) in [5.74, 6) is 0.425. The van der Waals surface area contributed by atoms with Crippen LogP contribution in [0.5, 0.6) is 0 Å². The number of nitrogens with one attached hydrogen (secondary N) is 1. The number of benzene rings is 1. The number of nitrogens with two attached hydrogens (primary N) is 1. The molecule has 1 heterocycles. The Balaban J connectivity index is 0.00000192. The van der Waals surface area contributed by atoms with Crippen molar-refractivity contribution >= 4 is 22.4 Å². The summed E-state index contributed by atoms with van der Waals surface area (Å²) in [6.07, 6.45) is 5.01. The lowest BCUT2D eigenvalue weighted by molar-refractivity contribution is 0.399. The van der Waals surface area contributed by atoms with E-state index in [1.54, 1.807) is 30.3 Å². The fourth-order valence-corrected chi connectivity index (χ4v) is 4.68. The normalized spacial score (nSPS) is 16.9. The molecule has 1 aromatic heterocycles. The van der Waals surface area contributed by atoms with Crippen LogP contribution in [0.3, 0.4) is 0 Å². The molecule has 3 rings (SSSR count). The van der Waals surface area contributed by atoms with Gasteiger partial charge in [0.1, 0.15) is 0 Å². The zero-order valence-corrected chi connectivity index (χ0v) is 14.2. The maximum Gasteiger partial charge on any atom is 0.241 e. The number of nitrogens with zero attached hydrogens (tertiary/aromatic N) is 1. The smallest absolute Gasteiger partial charge is 0.241 e. The van der Waals surface area contributed by atoms with Gasteiger partial charge in [-0.05, 0) is 25.0 Å². The molecule has 2 aromatic rings. The fraction of sp³-hybridized carbons (Fsp3) is 0.400. The van der Waals surface area contributed by atoms with Gasteiger partial charge in [0, 0.05) is 23.7 Å². The zero-order chi connectivity index (χ0) is 15.6. The van der Waals surface area contributed by atoms with Crippen molar-refractivity contribution in [1.82, 2.24) is 9.88 Å². The third kappa shape index (κ3) is 3.58. The van der Waals surface area contributed by atoms with E-state index in [1.165, 1.54) is 6.20 Å². The van der Waals surface area contributed by atoms with Gasteiger partial charge in [0.2, 0.25) is 10.0 Å². The Morgan fingerprint density at radius 3 is 2.52 bits per heavy atom. The van der Waals surface area contributed by atoms with Crippen LogP contribution >= 0.6 is 12.4 Å². The number of rotatable bonds is 5. The van der Waals surface area contributed by atoms with Gasteiger partial charge in [0.15, 0.2) is 5.76 Å². The van der Waals surface area contributed by atoms with Crippen LogP contribution in [0, 0.1) is 0 Å². The van der Waals surface area contributed by atoms with Gasteiger partial charge in [-0.15, -0.1) is 12.4 Å². The van der Waals surface area contributed by atoms with Crippen LogP contribution in [-0.2, 0) is 10.0 Å². The quantitative estimate of drug-likeness (QED) is 0.855. The van der Waals surface area contributed by atoms with Crippen molar-refractivity contribution in [2.24, 2.45) is 5.73 Å². The summed E-state index contributed by atoms with van der Waals surface area (Å²) >= 11 is 0. The van der Waals surface area contributed by atoms with Crippen LogP contribution in [0.2, 0.25) is 0 Å². The minimum atomic E-state index is -3.69. The molecule has 0 unspecified atom stereocenters. The maximum atomic E-state index is 12.8. The van der Waals surface area contributed by atoms with Crippen molar-refractivity contribution in [2.75, 3.05) is 6.54 Å². The van der Waals surface area contributed by atoms with Gasteiger partial charge in [-0.2, -0.15) is 0 Å². The van der Waals surface area contributed by atoms with Crippen molar-refractivity contribution in [1.29, 1.82) is 0 Å². The number of hydrogen-bond donors (Lipinski definition) is 2. The third-order valence-corrected chi connectivity index (χ3v) is 5.82. The van der Waals surface area contributed by atoms with Crippen molar-refractivity contribution in [3.8, 4) is 11.3 Å². The standard InChI is InChI=1S/C15H19N3O3S.ClH/c16-11-15(8-3-4-9-15)18-22(19,20)14-6-2-1-5-12(14)13-7-10-17-21-13;/h1-2,5-7,10,18H,3-4,8-9,11,16H2;1H. The van der Waals surface area contributed by atoms with Crippen molar-refractivity contribution < 1.29 is 12.9 Å². The van der Waals surface area contributed by atoms with Crippen molar-refractivity contribution in [3.05, 3.63) is 36.5 Å². The van der Waals surface area contributed by atoms with Crippen LogP contribution in [0.25, 0.3) is 11.3 Å². The van der Waals surface area contributed by atoms with Crippen LogP contribution in [0.4, 0.5) is 0 Å². The van der Waals surface area contributed by atoms with Gasteiger partial charge >= 0.3 is 0 Å². The third-order valence-electron chi connectivity index (χ3n) is 4.18. The minimum Gasteiger partial charge on any atom is -0.356 e. The molecule has 1 saturated carbocycles. The van der Waals surface area contributed by atoms with E-state index < -0.39 is 15.6 Å². The average Bonchev–Trinajstić information content (AvgIpc) is 3.19. The molecular weight excluding hydrogens is 338 g/mol. The summed E-state index contributed by atoms with van der Waals surface area (Å²) in [4.78, 5) is 0.187. The fourth-order valence-electron chi connectivity index (χ4n) is 3.00. The molecule has 1 aliphatic rings. The highest BCUT2D eigenvalue weighted by Gasteiger charge is 2.37. The van der Waals surface area contributed by atoms with Crippen LogP contribution in [0.15, 0.2) is 45.9 Å². The first-order chi connectivity index (χ1) is 10.6. The maximum absolute atomic E-state index is 12.8. The van der Waals surface area contributed by atoms with Crippen molar-refractivity contribution in [3.63, 3.8) is 0 Å². The lowest BCUT2D eigenvalue weighted by Gasteiger charge is -2.28. The van der Waals surface area contributed by atoms with Gasteiger partial charge in [-0.25, -0.2) is 13.1 Å². The molecule has 3 N–H and O–H groups in total. The Morgan fingerprint density at radius 1 is 1.22 bits per heavy atom. The highest BCUT2D eigenvalue weighted by atomic mass is 35.5. The lowest BCUT2D eigenvalue weighted by Crippen LogP contribution is -2.51. The topological polar surface area (TPSA) is 98.2 Å². The molecule has 0 saturated heterocycles. The number of hydrogen-bond acceptors (Lipinski definition) is 5. The summed E-state index contributed by atoms with van der Waals surface area (Å²) in [5, 5.41) is 3.64. The summed E-state index contributed by atoms with van der Waals surface area (Å²) < 4.78 is 33.6. The van der Waals surface area contributed by atoms with Gasteiger partial charge in [0.25, 0.3) is 0 Å². The first-order valence-corrected chi connectivity index (χ1v) is 8.79. The Bertz CT molecular complexity index is 741. The molecule has 0 radical (unpaired) electrons. The van der Waals surface area contributed by atoms with E-state index in [0.29, 0.717) is 17.9 Å². The Morgan fingerprint density at radius 2 is 1.91 bits per heavy atom. The lowest BCUT2D eigenvalue weighted by atomic mass is 10.0. The average molecular weight is 358 g/mol. The van der Waals surface area contributed by atoms with E-state index in [9.17, 15) is 8.42 Å². The molecule has 0 atom stereocenters. The first kappa shape index (κ1) is 17.9. The van der Waals surface area contributed by atoms with E-state index in [4.69, 9.17) is 10.3 Å². The molecule has 0 amide bonds. The summed E-state index contributed by atoms with van der Waals surface area (Å²) in [5.41, 5.74) is 5.79. The van der Waals surface area contributed by atoms with Crippen LogP contribution < -0.4 is 10.5 Å². The second-order valence-electron chi connectivity index (χ2n) is 5.67. The second-order valence-corrected chi connectivity index (χ2v) is 7.32. The van der Waals surface area contributed by atoms with Gasteiger partial charge in [-0.1, -0.05) is 30.1 Å². The number of aromatic nitrogens is 1. The highest BCUT2D eigenvalue weighted by Crippen LogP contribution is 2.32. The van der Waals surface area contributed by atoms with E-state index in [0.717, 1.165) is 25.7 Å². The number of halogens is 1. The molecule has 1 fully saturated rings. The Hall–Kier alpha value is -1.41. The van der Waals surface area contributed by atoms with Crippen molar-refractivity contribution in [2.45, 2.75) is 36.1 Å². The molecule has 126 valence electrons. The van der Waals surface area contributed by atoms with Crippen LogP contribution in [-0.4, -0.2) is 25.7 Å². The van der Waals surface area contributed by atoms with Crippen LogP contribution in [0.1, 0.15) is 25.7 Å². The van der Waals surface area contributed by atoms with E-state index >= 15 is 0 Å². The van der Waals surface area contributed by atoms with Gasteiger partial charge in [0.05, 0.1) is 11.1 Å². The first-order valence-electron chi connectivity index (χ1n) is 7.30. The van der Waals surface area contributed by atoms with E-state index in [1.807, 2.05) is 0 Å². The SMILES string of the molecule is Cl.NCC1(NS(=O)(=O)c2ccccc2-c2ccno2)CCCC1. The monoisotopic (exact) mass is 357 g/mol. The molecule has 23 heavy (non-hydrogen) atoms. The molecular formula is C15H20ClN3O3S. The molecule has 1 aliphatic carbocycles. The summed E-state index contributed by atoms with van der Waals surface area (Å²) in [6.45, 7) is 0.302. The molecule has 0 bridgehead atoms. The zero-order valence-electron chi connectivity index (χ0n) is 12.6. The Labute approximate surface area is 141 Å². The molecule has 1 aromatic carbocycles. The molecule has 0 spiro atoms. The molecule has 0 aliphatic heterocycles. The largest absolute Gasteiger partial charge is 0.356 e. The predicted molar refractivity (Wildman–Crippen MR) is 89.8 cm³/mol. The highest BCUT2D eigenvalue weighted by molar-refractivity contribution is 7.89. The van der Waals surface area contributed by atoms with Gasteiger partial charge < -0.3 is 10.3 Å². The Kier molecular flexibility index (Phi) is 5.46. The van der Waals surface area contributed by atoms with Gasteiger partial charge in [-0.3, -0.25) is 0 Å². The van der Waals surface area contributed by atoms with E-state index in [-0.39, 0.29) is 17.3 Å². The summed E-state index contributed by atoms with van der Waals surface area (Å²) in [7, 11) is -3.69. The summed E-state index contributed by atoms with van der Waals surface area (Å²) in [6, 6.07) is 8.38. The minimum absolute atomic E-state index is 0. The predicted octanol–water partition coefficient (Wildman–Crippen LogP) is 2.31. The molecule has 6 nitrogen and oxygen atoms in total.